The minimum Gasteiger partial charge on any atom is -0.496 e. The van der Waals surface area contributed by atoms with Crippen molar-refractivity contribution in [3.8, 4) is 11.5 Å². The van der Waals surface area contributed by atoms with Gasteiger partial charge < -0.3 is 14.8 Å². The summed E-state index contributed by atoms with van der Waals surface area (Å²) >= 11 is 0. The second-order valence-electron chi connectivity index (χ2n) is 8.93. The average molecular weight is 475 g/mol. The molecule has 0 radical (unpaired) electrons. The van der Waals surface area contributed by atoms with Gasteiger partial charge in [-0.05, 0) is 67.1 Å². The summed E-state index contributed by atoms with van der Waals surface area (Å²) in [6.45, 7) is 3.07. The van der Waals surface area contributed by atoms with Gasteiger partial charge >= 0.3 is 0 Å². The van der Waals surface area contributed by atoms with Crippen LogP contribution in [0.3, 0.4) is 0 Å². The van der Waals surface area contributed by atoms with Crippen molar-refractivity contribution < 1.29 is 22.6 Å². The summed E-state index contributed by atoms with van der Waals surface area (Å²) in [5.74, 6) is 1.28. The molecule has 1 aliphatic heterocycles. The molecule has 2 aromatic carbocycles. The van der Waals surface area contributed by atoms with Crippen LogP contribution in [0.15, 0.2) is 48.0 Å². The molecule has 1 heterocycles. The Labute approximate surface area is 199 Å². The number of hydrogen-bond donors (Lipinski definition) is 1. The molecular weight excluding hydrogens is 441 g/mol. The smallest absolute Gasteiger partial charge is 0.251 e. The largest absolute Gasteiger partial charge is 0.496 e. The zero-order valence-electron chi connectivity index (χ0n) is 19.8. The minimum absolute atomic E-state index is 0.0278. The lowest BCUT2D eigenvalue weighted by Crippen LogP contribution is -2.43. The van der Waals surface area contributed by atoms with Crippen LogP contribution < -0.4 is 14.8 Å². The molecule has 4 nitrogen and oxygen atoms in total. The number of halogens is 3. The highest BCUT2D eigenvalue weighted by Crippen LogP contribution is 2.50. The Hall–Kier alpha value is -2.51. The highest BCUT2D eigenvalue weighted by molar-refractivity contribution is 5.79. The highest BCUT2D eigenvalue weighted by Gasteiger charge is 2.40. The van der Waals surface area contributed by atoms with Gasteiger partial charge in [0.05, 0.1) is 26.4 Å². The topological polar surface area (TPSA) is 33.7 Å². The van der Waals surface area contributed by atoms with Crippen molar-refractivity contribution >= 4 is 5.57 Å². The predicted octanol–water partition coefficient (Wildman–Crippen LogP) is 5.43. The van der Waals surface area contributed by atoms with E-state index in [0.717, 1.165) is 18.4 Å². The Morgan fingerprint density at radius 3 is 2.74 bits per heavy atom. The monoisotopic (exact) mass is 474 g/mol. The molecule has 0 unspecified atom stereocenters. The van der Waals surface area contributed by atoms with Gasteiger partial charge in [-0.15, -0.1) is 0 Å². The van der Waals surface area contributed by atoms with Gasteiger partial charge in [0, 0.05) is 24.2 Å². The normalized spacial score (nSPS) is 19.9. The van der Waals surface area contributed by atoms with E-state index in [4.69, 9.17) is 9.47 Å². The number of ether oxygens (including phenoxy) is 2. The summed E-state index contributed by atoms with van der Waals surface area (Å²) in [5.41, 5.74) is 5.83. The van der Waals surface area contributed by atoms with Crippen LogP contribution in [-0.4, -0.2) is 57.4 Å². The average Bonchev–Trinajstić information content (AvgIpc) is 3.19. The maximum Gasteiger partial charge on any atom is 0.251 e. The van der Waals surface area contributed by atoms with Gasteiger partial charge in [0.15, 0.2) is 0 Å². The summed E-state index contributed by atoms with van der Waals surface area (Å²) in [7, 11) is 1.60. The molecule has 0 bridgehead atoms. The van der Waals surface area contributed by atoms with Crippen molar-refractivity contribution in [1.29, 1.82) is 0 Å². The summed E-state index contributed by atoms with van der Waals surface area (Å²) in [6.07, 6.45) is -0.420. The Kier molecular flexibility index (Phi) is 8.16. The maximum absolute atomic E-state index is 13.6. The number of hydrogen-bond acceptors (Lipinski definition) is 4. The first-order valence-corrected chi connectivity index (χ1v) is 11.9. The van der Waals surface area contributed by atoms with Crippen molar-refractivity contribution in [1.82, 2.24) is 10.2 Å². The number of benzene rings is 2. The molecule has 7 heteroatoms. The third kappa shape index (κ3) is 5.26. The molecule has 184 valence electrons. The molecular formula is C27H33F3N2O2. The standard InChI is InChI=1S/C27H33F3N2O2/c1-18-14-23-21-7-4-3-6-19(21)15-24(23)27(32(18)17-26(29)30)22-9-8-20(16-25(22)33-2)34-13-12-31-11-5-10-28/h3-4,6-9,16,18,26-27,31H,5,10-15,17H2,1-2H3/t18-,27-/m1/s1. The number of methoxy groups -OCH3 is 1. The number of fused-ring (bicyclic) bond motifs is 2. The molecule has 1 aliphatic carbocycles. The van der Waals surface area contributed by atoms with Crippen LogP contribution in [0.25, 0.3) is 5.57 Å². The second-order valence-corrected chi connectivity index (χ2v) is 8.93. The molecule has 0 fully saturated rings. The third-order valence-electron chi connectivity index (χ3n) is 6.72. The lowest BCUT2D eigenvalue weighted by atomic mass is 9.85. The maximum atomic E-state index is 13.6. The van der Waals surface area contributed by atoms with E-state index in [1.165, 1.54) is 22.3 Å². The fraction of sp³-hybridized carbons (Fsp3) is 0.481. The summed E-state index contributed by atoms with van der Waals surface area (Å²) in [6, 6.07) is 13.7. The molecule has 2 aliphatic rings. The van der Waals surface area contributed by atoms with Gasteiger partial charge in [-0.1, -0.05) is 24.3 Å². The quantitative estimate of drug-likeness (QED) is 0.440. The van der Waals surface area contributed by atoms with Crippen LogP contribution in [0.5, 0.6) is 11.5 Å². The van der Waals surface area contributed by atoms with Gasteiger partial charge in [-0.3, -0.25) is 9.29 Å². The number of nitrogens with one attached hydrogen (secondary N) is 1. The van der Waals surface area contributed by atoms with E-state index < -0.39 is 6.43 Å². The molecule has 2 aromatic rings. The van der Waals surface area contributed by atoms with Crippen LogP contribution in [0.2, 0.25) is 0 Å². The van der Waals surface area contributed by atoms with Crippen LogP contribution in [0.4, 0.5) is 13.2 Å². The first-order chi connectivity index (χ1) is 16.5. The molecule has 34 heavy (non-hydrogen) atoms. The molecule has 0 spiro atoms. The first-order valence-electron chi connectivity index (χ1n) is 11.9. The van der Waals surface area contributed by atoms with E-state index in [0.29, 0.717) is 37.6 Å². The Balaban J connectivity index is 1.62. The van der Waals surface area contributed by atoms with Crippen molar-refractivity contribution in [2.24, 2.45) is 0 Å². The molecule has 0 aromatic heterocycles. The number of alkyl halides is 3. The molecule has 2 atom stereocenters. The number of nitrogens with zero attached hydrogens (tertiary/aromatic N) is 1. The molecule has 0 saturated heterocycles. The van der Waals surface area contributed by atoms with Gasteiger partial charge in [-0.2, -0.15) is 0 Å². The fourth-order valence-electron chi connectivity index (χ4n) is 5.20. The third-order valence-corrected chi connectivity index (χ3v) is 6.72. The lowest BCUT2D eigenvalue weighted by molar-refractivity contribution is 0.0476. The SMILES string of the molecule is COc1cc(OCCNCCCF)ccc1[C@@H]1C2=C(C[C@@H](C)N1CC(F)F)c1ccccc1C2. The van der Waals surface area contributed by atoms with Gasteiger partial charge in [-0.25, -0.2) is 8.78 Å². The van der Waals surface area contributed by atoms with Gasteiger partial charge in [0.25, 0.3) is 6.43 Å². The van der Waals surface area contributed by atoms with Crippen LogP contribution in [0.1, 0.15) is 42.5 Å². The fourth-order valence-corrected chi connectivity index (χ4v) is 5.20. The van der Waals surface area contributed by atoms with Crippen molar-refractivity contribution in [3.63, 3.8) is 0 Å². The van der Waals surface area contributed by atoms with E-state index >= 15 is 0 Å². The zero-order chi connectivity index (χ0) is 24.1. The molecule has 4 rings (SSSR count). The van der Waals surface area contributed by atoms with Gasteiger partial charge in [0.1, 0.15) is 18.1 Å². The zero-order valence-corrected chi connectivity index (χ0v) is 19.8. The number of rotatable bonds is 11. The van der Waals surface area contributed by atoms with E-state index in [1.54, 1.807) is 7.11 Å². The Morgan fingerprint density at radius 1 is 1.15 bits per heavy atom. The summed E-state index contributed by atoms with van der Waals surface area (Å²) in [4.78, 5) is 1.92. The molecule has 0 amide bonds. The van der Waals surface area contributed by atoms with E-state index in [1.807, 2.05) is 42.2 Å². The van der Waals surface area contributed by atoms with Gasteiger partial charge in [0.2, 0.25) is 0 Å². The predicted molar refractivity (Wildman–Crippen MR) is 129 cm³/mol. The van der Waals surface area contributed by atoms with E-state index in [9.17, 15) is 13.2 Å². The highest BCUT2D eigenvalue weighted by atomic mass is 19.3. The summed E-state index contributed by atoms with van der Waals surface area (Å²) < 4.78 is 51.1. The Bertz CT molecular complexity index is 1010. The van der Waals surface area contributed by atoms with E-state index in [-0.39, 0.29) is 25.3 Å². The van der Waals surface area contributed by atoms with Crippen molar-refractivity contribution in [2.75, 3.05) is 40.0 Å². The first kappa shape index (κ1) is 24.6. The van der Waals surface area contributed by atoms with Crippen LogP contribution in [-0.2, 0) is 6.42 Å². The van der Waals surface area contributed by atoms with Crippen molar-refractivity contribution in [3.05, 3.63) is 64.7 Å². The Morgan fingerprint density at radius 2 is 1.97 bits per heavy atom. The minimum atomic E-state index is -2.42. The lowest BCUT2D eigenvalue weighted by Gasteiger charge is -2.42. The van der Waals surface area contributed by atoms with E-state index in [2.05, 4.69) is 17.4 Å². The molecule has 1 N–H and O–H groups in total. The van der Waals surface area contributed by atoms with Crippen LogP contribution in [0, 0.1) is 0 Å². The summed E-state index contributed by atoms with van der Waals surface area (Å²) in [5, 5.41) is 3.13. The molecule has 0 saturated carbocycles. The second kappa shape index (κ2) is 11.3. The van der Waals surface area contributed by atoms with Crippen molar-refractivity contribution in [2.45, 2.75) is 44.7 Å². The van der Waals surface area contributed by atoms with Crippen LogP contribution >= 0.6 is 0 Å².